The summed E-state index contributed by atoms with van der Waals surface area (Å²) in [6, 6.07) is 19.8. The lowest BCUT2D eigenvalue weighted by Crippen LogP contribution is -2.49. The molecule has 0 amide bonds. The lowest BCUT2D eigenvalue weighted by atomic mass is 9.87. The van der Waals surface area contributed by atoms with E-state index in [4.69, 9.17) is 0 Å². The van der Waals surface area contributed by atoms with Crippen molar-refractivity contribution in [1.29, 1.82) is 0 Å². The molecule has 2 heterocycles. The third-order valence-corrected chi connectivity index (χ3v) is 7.18. The van der Waals surface area contributed by atoms with Crippen LogP contribution in [0.3, 0.4) is 0 Å². The van der Waals surface area contributed by atoms with E-state index in [2.05, 4.69) is 91.0 Å². The van der Waals surface area contributed by atoms with Gasteiger partial charge in [-0.25, -0.2) is 0 Å². The molecule has 0 bridgehead atoms. The van der Waals surface area contributed by atoms with Crippen molar-refractivity contribution in [2.45, 2.75) is 71.0 Å². The molecular weight excluding hydrogens is 378 g/mol. The van der Waals surface area contributed by atoms with Crippen LogP contribution in [0.5, 0.6) is 0 Å². The van der Waals surface area contributed by atoms with Crippen molar-refractivity contribution in [3.8, 4) is 0 Å². The van der Waals surface area contributed by atoms with Crippen LogP contribution in [-0.2, 0) is 0 Å². The smallest absolute Gasteiger partial charge is 0.0545 e. The molecule has 0 spiro atoms. The zero-order chi connectivity index (χ0) is 21.8. The van der Waals surface area contributed by atoms with Gasteiger partial charge in [0, 0.05) is 43.1 Å². The maximum atomic E-state index is 4.49. The van der Waals surface area contributed by atoms with Crippen molar-refractivity contribution < 1.29 is 0 Å². The zero-order valence-corrected chi connectivity index (χ0v) is 19.6. The van der Waals surface area contributed by atoms with Gasteiger partial charge in [0.1, 0.15) is 0 Å². The number of hydrogen-bond donors (Lipinski definition) is 1. The Kier molecular flexibility index (Phi) is 7.02. The summed E-state index contributed by atoms with van der Waals surface area (Å²) in [4.78, 5) is 5.25. The van der Waals surface area contributed by atoms with Gasteiger partial charge >= 0.3 is 0 Å². The first-order valence-corrected chi connectivity index (χ1v) is 12.1. The Bertz CT molecular complexity index is 872. The number of anilines is 1. The lowest BCUT2D eigenvalue weighted by molar-refractivity contribution is 0.214. The highest BCUT2D eigenvalue weighted by Gasteiger charge is 2.32. The second-order valence-electron chi connectivity index (χ2n) is 9.61. The summed E-state index contributed by atoms with van der Waals surface area (Å²) >= 11 is 0. The summed E-state index contributed by atoms with van der Waals surface area (Å²) < 4.78 is 0. The second-order valence-corrected chi connectivity index (χ2v) is 9.61. The van der Waals surface area contributed by atoms with Gasteiger partial charge in [-0.3, -0.25) is 0 Å². The number of rotatable bonds is 6. The molecule has 0 aliphatic carbocycles. The number of piperazine rings is 1. The van der Waals surface area contributed by atoms with Crippen LogP contribution in [0.4, 0.5) is 5.69 Å². The van der Waals surface area contributed by atoms with Crippen LogP contribution >= 0.6 is 0 Å². The fraction of sp³-hybridized carbons (Fsp3) is 0.500. The van der Waals surface area contributed by atoms with Crippen LogP contribution < -0.4 is 10.2 Å². The van der Waals surface area contributed by atoms with Crippen LogP contribution in [0, 0.1) is 13.8 Å². The van der Waals surface area contributed by atoms with Crippen molar-refractivity contribution in [1.82, 2.24) is 10.2 Å². The zero-order valence-electron chi connectivity index (χ0n) is 19.6. The Balaban J connectivity index is 1.55. The first kappa shape index (κ1) is 22.0. The van der Waals surface area contributed by atoms with E-state index in [0.29, 0.717) is 18.1 Å². The molecule has 3 nitrogen and oxygen atoms in total. The van der Waals surface area contributed by atoms with E-state index < -0.39 is 0 Å². The van der Waals surface area contributed by atoms with Gasteiger partial charge in [0.25, 0.3) is 0 Å². The molecule has 2 aliphatic heterocycles. The van der Waals surface area contributed by atoms with E-state index in [1.165, 1.54) is 53.8 Å². The molecule has 166 valence electrons. The summed E-state index contributed by atoms with van der Waals surface area (Å²) in [6.07, 6.45) is 6.04. The first-order valence-electron chi connectivity index (χ1n) is 12.1. The van der Waals surface area contributed by atoms with E-state index in [0.717, 1.165) is 26.1 Å². The largest absolute Gasteiger partial charge is 0.370 e. The first-order chi connectivity index (χ1) is 15.0. The molecule has 2 saturated heterocycles. The fourth-order valence-corrected chi connectivity index (χ4v) is 5.46. The summed E-state index contributed by atoms with van der Waals surface area (Å²) in [5.41, 5.74) is 6.81. The van der Waals surface area contributed by atoms with E-state index in [1.807, 2.05) is 0 Å². The third kappa shape index (κ3) is 5.15. The molecular formula is C28H39N3. The van der Waals surface area contributed by atoms with Crippen molar-refractivity contribution in [3.63, 3.8) is 0 Å². The Morgan fingerprint density at radius 3 is 2.61 bits per heavy atom. The van der Waals surface area contributed by atoms with E-state index in [-0.39, 0.29) is 0 Å². The van der Waals surface area contributed by atoms with Crippen LogP contribution in [-0.4, -0.2) is 36.6 Å². The highest BCUT2D eigenvalue weighted by molar-refractivity contribution is 5.52. The van der Waals surface area contributed by atoms with Gasteiger partial charge in [-0.15, -0.1) is 0 Å². The number of hydrogen-bond acceptors (Lipinski definition) is 3. The minimum Gasteiger partial charge on any atom is -0.370 e. The molecule has 0 saturated carbocycles. The predicted molar refractivity (Wildman–Crippen MR) is 133 cm³/mol. The molecule has 2 aliphatic rings. The summed E-state index contributed by atoms with van der Waals surface area (Å²) in [5, 5.41) is 3.50. The van der Waals surface area contributed by atoms with Gasteiger partial charge in [0.15, 0.2) is 0 Å². The highest BCUT2D eigenvalue weighted by atomic mass is 15.2. The summed E-state index contributed by atoms with van der Waals surface area (Å²) in [6.45, 7) is 14.4. The average Bonchev–Trinajstić information content (AvgIpc) is 2.78. The SMILES string of the molecule is C=C(CC[C@H]1CCC[C@@H](c2cccc(C)c2)N1c1ccc(C)cc1)N1CCNCC1C. The molecule has 3 heteroatoms. The minimum absolute atomic E-state index is 0.452. The van der Waals surface area contributed by atoms with Crippen LogP contribution in [0.1, 0.15) is 61.8 Å². The van der Waals surface area contributed by atoms with Crippen LogP contribution in [0.2, 0.25) is 0 Å². The predicted octanol–water partition coefficient (Wildman–Crippen LogP) is 5.99. The van der Waals surface area contributed by atoms with E-state index >= 15 is 0 Å². The molecule has 2 fully saturated rings. The Morgan fingerprint density at radius 2 is 1.87 bits per heavy atom. The molecule has 3 atom stereocenters. The maximum absolute atomic E-state index is 4.49. The minimum atomic E-state index is 0.452. The number of piperidine rings is 1. The Hall–Kier alpha value is -2.26. The standard InChI is InChI=1S/C28H39N3/c1-21-11-14-27(15-12-21)31-26(16-13-23(3)30-18-17-29-20-24(30)4)9-6-10-28(31)25-8-5-7-22(2)19-25/h5,7-8,11-12,14-15,19,24,26,28-29H,3,6,9-10,13,16-18,20H2,1-2,4H3/t24?,26-,28+/m1/s1. The van der Waals surface area contributed by atoms with Gasteiger partial charge in [0.05, 0.1) is 6.04 Å². The summed E-state index contributed by atoms with van der Waals surface area (Å²) in [7, 11) is 0. The normalized spacial score (nSPS) is 24.3. The van der Waals surface area contributed by atoms with Gasteiger partial charge in [-0.2, -0.15) is 0 Å². The Morgan fingerprint density at radius 1 is 1.06 bits per heavy atom. The van der Waals surface area contributed by atoms with Crippen molar-refractivity contribution in [2.75, 3.05) is 24.5 Å². The fourth-order valence-electron chi connectivity index (χ4n) is 5.46. The molecule has 31 heavy (non-hydrogen) atoms. The summed E-state index contributed by atoms with van der Waals surface area (Å²) in [5.74, 6) is 0. The van der Waals surface area contributed by atoms with Crippen molar-refractivity contribution in [2.24, 2.45) is 0 Å². The van der Waals surface area contributed by atoms with Gasteiger partial charge in [-0.1, -0.05) is 54.1 Å². The quantitative estimate of drug-likeness (QED) is 0.623. The third-order valence-electron chi connectivity index (χ3n) is 7.18. The molecule has 4 rings (SSSR count). The maximum Gasteiger partial charge on any atom is 0.0545 e. The lowest BCUT2D eigenvalue weighted by Gasteiger charge is -2.45. The van der Waals surface area contributed by atoms with Crippen LogP contribution in [0.15, 0.2) is 60.8 Å². The monoisotopic (exact) mass is 417 g/mol. The van der Waals surface area contributed by atoms with E-state index in [9.17, 15) is 0 Å². The molecule has 2 aromatic rings. The molecule has 0 aromatic heterocycles. The van der Waals surface area contributed by atoms with Crippen molar-refractivity contribution in [3.05, 3.63) is 77.5 Å². The number of aryl methyl sites for hydroxylation is 2. The number of benzene rings is 2. The molecule has 0 radical (unpaired) electrons. The van der Waals surface area contributed by atoms with Crippen molar-refractivity contribution >= 4 is 5.69 Å². The van der Waals surface area contributed by atoms with Gasteiger partial charge in [0.2, 0.25) is 0 Å². The number of nitrogens with one attached hydrogen (secondary N) is 1. The van der Waals surface area contributed by atoms with Gasteiger partial charge < -0.3 is 15.1 Å². The van der Waals surface area contributed by atoms with Gasteiger partial charge in [-0.05, 0) is 70.6 Å². The average molecular weight is 418 g/mol. The molecule has 1 N–H and O–H groups in total. The van der Waals surface area contributed by atoms with E-state index in [1.54, 1.807) is 0 Å². The highest BCUT2D eigenvalue weighted by Crippen LogP contribution is 2.40. The number of nitrogens with zero attached hydrogens (tertiary/aromatic N) is 2. The number of allylic oxidation sites excluding steroid dienone is 1. The molecule has 1 unspecified atom stereocenters. The second kappa shape index (κ2) is 9.91. The Labute approximate surface area is 189 Å². The van der Waals surface area contributed by atoms with Crippen LogP contribution in [0.25, 0.3) is 0 Å². The molecule has 2 aromatic carbocycles. The topological polar surface area (TPSA) is 18.5 Å².